The van der Waals surface area contributed by atoms with E-state index in [1.54, 1.807) is 13.8 Å². The van der Waals surface area contributed by atoms with Gasteiger partial charge in [0.1, 0.15) is 0 Å². The van der Waals surface area contributed by atoms with Crippen LogP contribution in [0.4, 0.5) is 0 Å². The molecule has 0 aromatic heterocycles. The molecule has 5 heteroatoms. The standard InChI is InChI=1S/C11H23N3O2/c1-11(2,10(13)16)8-14-9(15)6-4-3-5-7-12/h3-8,12H2,1-2H3,(H2,13,16)(H,14,15). The second kappa shape index (κ2) is 7.22. The van der Waals surface area contributed by atoms with Gasteiger partial charge in [-0.05, 0) is 33.2 Å². The number of primary amides is 1. The van der Waals surface area contributed by atoms with Gasteiger partial charge in [0.15, 0.2) is 0 Å². The molecule has 0 bridgehead atoms. The summed E-state index contributed by atoms with van der Waals surface area (Å²) in [7, 11) is 0. The summed E-state index contributed by atoms with van der Waals surface area (Å²) in [5.41, 5.74) is 9.85. The summed E-state index contributed by atoms with van der Waals surface area (Å²) in [5, 5.41) is 2.71. The monoisotopic (exact) mass is 229 g/mol. The number of rotatable bonds is 8. The lowest BCUT2D eigenvalue weighted by atomic mass is 9.93. The summed E-state index contributed by atoms with van der Waals surface area (Å²) in [5.74, 6) is -0.442. The highest BCUT2D eigenvalue weighted by Gasteiger charge is 2.25. The number of hydrogen-bond donors (Lipinski definition) is 3. The van der Waals surface area contributed by atoms with Gasteiger partial charge in [0.2, 0.25) is 11.8 Å². The van der Waals surface area contributed by atoms with E-state index in [0.29, 0.717) is 13.0 Å². The third kappa shape index (κ3) is 6.40. The zero-order chi connectivity index (χ0) is 12.6. The summed E-state index contributed by atoms with van der Waals surface area (Å²) in [6, 6.07) is 0. The van der Waals surface area contributed by atoms with Gasteiger partial charge in [-0.1, -0.05) is 6.42 Å². The first-order chi connectivity index (χ1) is 7.40. The summed E-state index contributed by atoms with van der Waals surface area (Å²) in [4.78, 5) is 22.4. The van der Waals surface area contributed by atoms with Crippen molar-refractivity contribution in [2.45, 2.75) is 39.5 Å². The van der Waals surface area contributed by atoms with Gasteiger partial charge in [-0.2, -0.15) is 0 Å². The number of hydrogen-bond acceptors (Lipinski definition) is 3. The molecule has 2 amide bonds. The largest absolute Gasteiger partial charge is 0.369 e. The predicted octanol–water partition coefficient (Wildman–Crippen LogP) is 0.133. The molecule has 0 atom stereocenters. The van der Waals surface area contributed by atoms with Crippen molar-refractivity contribution in [1.82, 2.24) is 5.32 Å². The Balaban J connectivity index is 3.69. The minimum atomic E-state index is -0.688. The third-order valence-corrected chi connectivity index (χ3v) is 2.50. The molecule has 0 saturated carbocycles. The van der Waals surface area contributed by atoms with E-state index in [4.69, 9.17) is 11.5 Å². The normalized spacial score (nSPS) is 11.2. The molecule has 5 N–H and O–H groups in total. The van der Waals surface area contributed by atoms with Gasteiger partial charge in [-0.3, -0.25) is 9.59 Å². The first kappa shape index (κ1) is 14.9. The van der Waals surface area contributed by atoms with Crippen LogP contribution in [-0.4, -0.2) is 24.9 Å². The molecule has 0 radical (unpaired) electrons. The van der Waals surface area contributed by atoms with E-state index in [-0.39, 0.29) is 12.5 Å². The molecule has 0 aliphatic heterocycles. The molecule has 0 aliphatic carbocycles. The maximum atomic E-state index is 11.4. The fourth-order valence-electron chi connectivity index (χ4n) is 1.10. The lowest BCUT2D eigenvalue weighted by Crippen LogP contribution is -2.42. The van der Waals surface area contributed by atoms with E-state index in [9.17, 15) is 9.59 Å². The molecule has 0 heterocycles. The van der Waals surface area contributed by atoms with Crippen LogP contribution >= 0.6 is 0 Å². The van der Waals surface area contributed by atoms with Crippen molar-refractivity contribution >= 4 is 11.8 Å². The summed E-state index contributed by atoms with van der Waals surface area (Å²) in [6.45, 7) is 4.38. The Labute approximate surface area is 96.9 Å². The Morgan fingerprint density at radius 3 is 2.31 bits per heavy atom. The molecule has 0 saturated heterocycles. The smallest absolute Gasteiger partial charge is 0.224 e. The average Bonchev–Trinajstić information content (AvgIpc) is 2.21. The molecule has 5 nitrogen and oxygen atoms in total. The molecule has 0 aromatic carbocycles. The van der Waals surface area contributed by atoms with Crippen molar-refractivity contribution in [3.63, 3.8) is 0 Å². The molecule has 94 valence electrons. The van der Waals surface area contributed by atoms with Crippen molar-refractivity contribution < 1.29 is 9.59 Å². The topological polar surface area (TPSA) is 98.2 Å². The van der Waals surface area contributed by atoms with Crippen LogP contribution in [0.25, 0.3) is 0 Å². The molecule has 0 aromatic rings. The highest BCUT2D eigenvalue weighted by atomic mass is 16.2. The zero-order valence-corrected chi connectivity index (χ0v) is 10.2. The molecule has 0 aliphatic rings. The number of unbranched alkanes of at least 4 members (excludes halogenated alkanes) is 2. The van der Waals surface area contributed by atoms with Crippen LogP contribution in [-0.2, 0) is 9.59 Å². The molecule has 0 unspecified atom stereocenters. The maximum Gasteiger partial charge on any atom is 0.224 e. The average molecular weight is 229 g/mol. The highest BCUT2D eigenvalue weighted by molar-refractivity contribution is 5.82. The molecule has 16 heavy (non-hydrogen) atoms. The number of nitrogens with one attached hydrogen (secondary N) is 1. The fourth-order valence-corrected chi connectivity index (χ4v) is 1.10. The van der Waals surface area contributed by atoms with Gasteiger partial charge < -0.3 is 16.8 Å². The predicted molar refractivity (Wildman–Crippen MR) is 63.5 cm³/mol. The van der Waals surface area contributed by atoms with Crippen molar-refractivity contribution in [2.75, 3.05) is 13.1 Å². The number of carbonyl (C=O) groups excluding carboxylic acids is 2. The van der Waals surface area contributed by atoms with Crippen LogP contribution in [0.15, 0.2) is 0 Å². The van der Waals surface area contributed by atoms with E-state index < -0.39 is 11.3 Å². The Bertz CT molecular complexity index is 239. The molecular formula is C11H23N3O2. The second-order valence-electron chi connectivity index (χ2n) is 4.62. The summed E-state index contributed by atoms with van der Waals surface area (Å²) < 4.78 is 0. The van der Waals surface area contributed by atoms with Crippen molar-refractivity contribution in [1.29, 1.82) is 0 Å². The first-order valence-corrected chi connectivity index (χ1v) is 5.67. The van der Waals surface area contributed by atoms with Crippen LogP contribution in [0.2, 0.25) is 0 Å². The minimum absolute atomic E-state index is 0.0358. The van der Waals surface area contributed by atoms with Gasteiger partial charge >= 0.3 is 0 Å². The molecule has 0 rings (SSSR count). The number of amides is 2. The van der Waals surface area contributed by atoms with E-state index >= 15 is 0 Å². The van der Waals surface area contributed by atoms with Crippen molar-refractivity contribution in [2.24, 2.45) is 16.9 Å². The molecule has 0 spiro atoms. The quantitative estimate of drug-likeness (QED) is 0.516. The minimum Gasteiger partial charge on any atom is -0.369 e. The molecule has 0 fully saturated rings. The van der Waals surface area contributed by atoms with Gasteiger partial charge in [0.05, 0.1) is 5.41 Å². The third-order valence-electron chi connectivity index (χ3n) is 2.50. The van der Waals surface area contributed by atoms with Gasteiger partial charge in [-0.25, -0.2) is 0 Å². The van der Waals surface area contributed by atoms with Crippen molar-refractivity contribution in [3.8, 4) is 0 Å². The Hall–Kier alpha value is -1.10. The number of carbonyl (C=O) groups is 2. The van der Waals surface area contributed by atoms with E-state index in [1.807, 2.05) is 0 Å². The van der Waals surface area contributed by atoms with Gasteiger partial charge in [-0.15, -0.1) is 0 Å². The summed E-state index contributed by atoms with van der Waals surface area (Å²) >= 11 is 0. The zero-order valence-electron chi connectivity index (χ0n) is 10.2. The number of nitrogens with two attached hydrogens (primary N) is 2. The maximum absolute atomic E-state index is 11.4. The van der Waals surface area contributed by atoms with Crippen LogP contribution in [0.1, 0.15) is 39.5 Å². The van der Waals surface area contributed by atoms with Crippen LogP contribution in [0, 0.1) is 5.41 Å². The Morgan fingerprint density at radius 1 is 1.19 bits per heavy atom. The SMILES string of the molecule is CC(C)(CNC(=O)CCCCCN)C(N)=O. The highest BCUT2D eigenvalue weighted by Crippen LogP contribution is 2.11. The van der Waals surface area contributed by atoms with Gasteiger partial charge in [0, 0.05) is 13.0 Å². The Kier molecular flexibility index (Phi) is 6.72. The first-order valence-electron chi connectivity index (χ1n) is 5.67. The van der Waals surface area contributed by atoms with Crippen molar-refractivity contribution in [3.05, 3.63) is 0 Å². The van der Waals surface area contributed by atoms with Crippen LogP contribution in [0.5, 0.6) is 0 Å². The van der Waals surface area contributed by atoms with Gasteiger partial charge in [0.25, 0.3) is 0 Å². The second-order valence-corrected chi connectivity index (χ2v) is 4.62. The van der Waals surface area contributed by atoms with E-state index in [1.165, 1.54) is 0 Å². The van der Waals surface area contributed by atoms with Crippen LogP contribution < -0.4 is 16.8 Å². The lowest BCUT2D eigenvalue weighted by molar-refractivity contribution is -0.127. The molecular weight excluding hydrogens is 206 g/mol. The summed E-state index contributed by atoms with van der Waals surface area (Å²) in [6.07, 6.45) is 3.22. The Morgan fingerprint density at radius 2 is 1.81 bits per heavy atom. The fraction of sp³-hybridized carbons (Fsp3) is 0.818. The van der Waals surface area contributed by atoms with E-state index in [0.717, 1.165) is 19.3 Å². The van der Waals surface area contributed by atoms with Crippen LogP contribution in [0.3, 0.4) is 0 Å². The lowest BCUT2D eigenvalue weighted by Gasteiger charge is -2.20. The van der Waals surface area contributed by atoms with E-state index in [2.05, 4.69) is 5.32 Å².